The quantitative estimate of drug-likeness (QED) is 0.481. The summed E-state index contributed by atoms with van der Waals surface area (Å²) in [6.07, 6.45) is 4.99. The van der Waals surface area contributed by atoms with E-state index in [4.69, 9.17) is 4.74 Å². The van der Waals surface area contributed by atoms with Gasteiger partial charge in [0.2, 0.25) is 5.91 Å². The number of carbonyl (C=O) groups excluding carboxylic acids is 1. The monoisotopic (exact) mass is 349 g/mol. The molecule has 134 valence electrons. The Morgan fingerprint density at radius 2 is 2.00 bits per heavy atom. The molecular weight excluding hydrogens is 326 g/mol. The number of aromatic amines is 1. The van der Waals surface area contributed by atoms with Crippen LogP contribution in [-0.2, 0) is 11.2 Å². The summed E-state index contributed by atoms with van der Waals surface area (Å²) in [7, 11) is 0. The van der Waals surface area contributed by atoms with Crippen molar-refractivity contribution >= 4 is 23.0 Å². The molecule has 3 rings (SSSR count). The molecule has 0 spiro atoms. The summed E-state index contributed by atoms with van der Waals surface area (Å²) < 4.78 is 5.40. The van der Waals surface area contributed by atoms with Gasteiger partial charge in [-0.05, 0) is 49.2 Å². The number of para-hydroxylation sites is 2. The van der Waals surface area contributed by atoms with Crippen LogP contribution in [0.2, 0.25) is 0 Å². The van der Waals surface area contributed by atoms with E-state index in [0.29, 0.717) is 13.2 Å². The van der Waals surface area contributed by atoms with Crippen LogP contribution >= 0.6 is 0 Å². The number of hydrogen-bond donors (Lipinski definition) is 2. The zero-order chi connectivity index (χ0) is 18.2. The van der Waals surface area contributed by atoms with Gasteiger partial charge in [0.05, 0.1) is 17.6 Å². The number of aromatic nitrogens is 2. The minimum Gasteiger partial charge on any atom is -0.494 e. The Morgan fingerprint density at radius 1 is 1.19 bits per heavy atom. The molecular formula is C21H23N3O2. The predicted octanol–water partition coefficient (Wildman–Crippen LogP) is 3.72. The predicted molar refractivity (Wildman–Crippen MR) is 104 cm³/mol. The lowest BCUT2D eigenvalue weighted by atomic mass is 10.2. The van der Waals surface area contributed by atoms with Crippen LogP contribution in [0.5, 0.6) is 5.75 Å². The Hall–Kier alpha value is -3.08. The van der Waals surface area contributed by atoms with E-state index in [9.17, 15) is 4.79 Å². The molecule has 0 bridgehead atoms. The highest BCUT2D eigenvalue weighted by molar-refractivity contribution is 5.91. The SMILES string of the molecule is CCOc1ccc(/C=C/C(=O)NCCCc2nc3ccccc3[nH]2)cc1. The molecule has 0 aliphatic heterocycles. The third-order valence-corrected chi connectivity index (χ3v) is 3.95. The lowest BCUT2D eigenvalue weighted by Gasteiger charge is -2.03. The van der Waals surface area contributed by atoms with Crippen LogP contribution in [0.1, 0.15) is 24.7 Å². The number of hydrogen-bond acceptors (Lipinski definition) is 3. The maximum Gasteiger partial charge on any atom is 0.243 e. The van der Waals surface area contributed by atoms with Gasteiger partial charge < -0.3 is 15.0 Å². The summed E-state index contributed by atoms with van der Waals surface area (Å²) in [5, 5.41) is 2.90. The molecule has 1 heterocycles. The van der Waals surface area contributed by atoms with Crippen LogP contribution in [0, 0.1) is 0 Å². The molecule has 0 atom stereocenters. The van der Waals surface area contributed by atoms with Gasteiger partial charge in [-0.15, -0.1) is 0 Å². The Labute approximate surface area is 153 Å². The molecule has 0 radical (unpaired) electrons. The zero-order valence-corrected chi connectivity index (χ0v) is 14.9. The van der Waals surface area contributed by atoms with E-state index in [1.165, 1.54) is 0 Å². The first-order chi connectivity index (χ1) is 12.7. The van der Waals surface area contributed by atoms with Crippen LogP contribution in [0.4, 0.5) is 0 Å². The average Bonchev–Trinajstić information content (AvgIpc) is 3.08. The van der Waals surface area contributed by atoms with Gasteiger partial charge in [-0.2, -0.15) is 0 Å². The first-order valence-electron chi connectivity index (χ1n) is 8.87. The van der Waals surface area contributed by atoms with Crippen molar-refractivity contribution in [2.24, 2.45) is 0 Å². The van der Waals surface area contributed by atoms with Gasteiger partial charge in [0, 0.05) is 19.0 Å². The number of aryl methyl sites for hydroxylation is 1. The van der Waals surface area contributed by atoms with Crippen molar-refractivity contribution in [1.82, 2.24) is 15.3 Å². The van der Waals surface area contributed by atoms with Gasteiger partial charge in [-0.25, -0.2) is 4.98 Å². The molecule has 5 nitrogen and oxygen atoms in total. The standard InChI is InChI=1S/C21H23N3O2/c1-2-26-17-12-9-16(10-13-17)11-14-21(25)22-15-5-8-20-23-18-6-3-4-7-19(18)24-20/h3-4,6-7,9-14H,2,5,8,15H2,1H3,(H,22,25)(H,23,24)/b14-11+. The van der Waals surface area contributed by atoms with E-state index in [0.717, 1.165) is 41.0 Å². The first-order valence-corrected chi connectivity index (χ1v) is 8.87. The summed E-state index contributed by atoms with van der Waals surface area (Å²) in [5.74, 6) is 1.69. The molecule has 0 saturated carbocycles. The molecule has 1 amide bonds. The summed E-state index contributed by atoms with van der Waals surface area (Å²) in [6, 6.07) is 15.6. The second-order valence-electron chi connectivity index (χ2n) is 5.93. The van der Waals surface area contributed by atoms with E-state index in [1.54, 1.807) is 12.2 Å². The molecule has 1 aromatic heterocycles. The molecule has 2 N–H and O–H groups in total. The molecule has 0 saturated heterocycles. The van der Waals surface area contributed by atoms with E-state index in [1.807, 2.05) is 55.5 Å². The molecule has 0 fully saturated rings. The molecule has 26 heavy (non-hydrogen) atoms. The molecule has 0 aliphatic rings. The Balaban J connectivity index is 1.40. The fraction of sp³-hybridized carbons (Fsp3) is 0.238. The normalized spacial score (nSPS) is 11.1. The number of nitrogens with zero attached hydrogens (tertiary/aromatic N) is 1. The van der Waals surface area contributed by atoms with Gasteiger partial charge in [-0.3, -0.25) is 4.79 Å². The maximum absolute atomic E-state index is 11.9. The van der Waals surface area contributed by atoms with Crippen molar-refractivity contribution in [3.63, 3.8) is 0 Å². The van der Waals surface area contributed by atoms with Crippen LogP contribution in [0.25, 0.3) is 17.1 Å². The zero-order valence-electron chi connectivity index (χ0n) is 14.9. The number of benzene rings is 2. The lowest BCUT2D eigenvalue weighted by Crippen LogP contribution is -2.22. The van der Waals surface area contributed by atoms with Crippen molar-refractivity contribution in [2.75, 3.05) is 13.2 Å². The van der Waals surface area contributed by atoms with Crippen LogP contribution in [0.3, 0.4) is 0 Å². The van der Waals surface area contributed by atoms with Crippen molar-refractivity contribution in [3.05, 3.63) is 66.0 Å². The Bertz CT molecular complexity index is 849. The summed E-state index contributed by atoms with van der Waals surface area (Å²) in [4.78, 5) is 19.7. The van der Waals surface area contributed by atoms with Crippen LogP contribution < -0.4 is 10.1 Å². The van der Waals surface area contributed by atoms with E-state index in [2.05, 4.69) is 15.3 Å². The second kappa shape index (κ2) is 8.85. The summed E-state index contributed by atoms with van der Waals surface area (Å²) >= 11 is 0. The average molecular weight is 349 g/mol. The Morgan fingerprint density at radius 3 is 2.77 bits per heavy atom. The molecule has 0 aliphatic carbocycles. The lowest BCUT2D eigenvalue weighted by molar-refractivity contribution is -0.116. The number of ether oxygens (including phenoxy) is 1. The molecule has 3 aromatic rings. The minimum absolute atomic E-state index is 0.0940. The highest BCUT2D eigenvalue weighted by Crippen LogP contribution is 2.13. The largest absolute Gasteiger partial charge is 0.494 e. The van der Waals surface area contributed by atoms with Crippen LogP contribution in [-0.4, -0.2) is 29.0 Å². The minimum atomic E-state index is -0.0940. The highest BCUT2D eigenvalue weighted by atomic mass is 16.5. The number of fused-ring (bicyclic) bond motifs is 1. The number of rotatable bonds is 8. The van der Waals surface area contributed by atoms with Gasteiger partial charge in [0.1, 0.15) is 11.6 Å². The number of nitrogens with one attached hydrogen (secondary N) is 2. The van der Waals surface area contributed by atoms with Crippen LogP contribution in [0.15, 0.2) is 54.6 Å². The number of amides is 1. The topological polar surface area (TPSA) is 67.0 Å². The third-order valence-electron chi connectivity index (χ3n) is 3.95. The molecule has 5 heteroatoms. The van der Waals surface area contributed by atoms with Gasteiger partial charge in [-0.1, -0.05) is 24.3 Å². The summed E-state index contributed by atoms with van der Waals surface area (Å²) in [5.41, 5.74) is 2.99. The van der Waals surface area contributed by atoms with Crippen molar-refractivity contribution < 1.29 is 9.53 Å². The third kappa shape index (κ3) is 4.96. The smallest absolute Gasteiger partial charge is 0.243 e. The fourth-order valence-electron chi connectivity index (χ4n) is 2.66. The maximum atomic E-state index is 11.9. The Kier molecular flexibility index (Phi) is 6.04. The van der Waals surface area contributed by atoms with Crippen molar-refractivity contribution in [1.29, 1.82) is 0 Å². The van der Waals surface area contributed by atoms with Gasteiger partial charge in [0.25, 0.3) is 0 Å². The first kappa shape index (κ1) is 17.7. The van der Waals surface area contributed by atoms with E-state index < -0.39 is 0 Å². The van der Waals surface area contributed by atoms with Gasteiger partial charge in [0.15, 0.2) is 0 Å². The number of carbonyl (C=O) groups is 1. The number of H-pyrrole nitrogens is 1. The summed E-state index contributed by atoms with van der Waals surface area (Å²) in [6.45, 7) is 3.21. The molecule has 0 unspecified atom stereocenters. The van der Waals surface area contributed by atoms with Crippen molar-refractivity contribution in [3.8, 4) is 5.75 Å². The fourth-order valence-corrected chi connectivity index (χ4v) is 2.66. The second-order valence-corrected chi connectivity index (χ2v) is 5.93. The highest BCUT2D eigenvalue weighted by Gasteiger charge is 2.02. The molecule has 2 aromatic carbocycles. The van der Waals surface area contributed by atoms with Gasteiger partial charge >= 0.3 is 0 Å². The van der Waals surface area contributed by atoms with E-state index >= 15 is 0 Å². The van der Waals surface area contributed by atoms with E-state index in [-0.39, 0.29) is 5.91 Å². The van der Waals surface area contributed by atoms with Crippen molar-refractivity contribution in [2.45, 2.75) is 19.8 Å². The number of imidazole rings is 1.